The third-order valence-corrected chi connectivity index (χ3v) is 29.7. The molecule has 7 aliphatic rings. The van der Waals surface area contributed by atoms with E-state index in [2.05, 4.69) is 423 Å². The maximum Gasteiger partial charge on any atom is 0.225 e. The molecule has 0 N–H and O–H groups in total. The summed E-state index contributed by atoms with van der Waals surface area (Å²) in [6, 6.07) is 38.0. The van der Waals surface area contributed by atoms with Gasteiger partial charge in [-0.15, -0.1) is 10.2 Å². The second-order valence-electron chi connectivity index (χ2n) is 45.0. The molecule has 6 aromatic heterocycles. The molecular weight excluding hydrogens is 1700 g/mol. The van der Waals surface area contributed by atoms with E-state index in [4.69, 9.17) is 0 Å². The van der Waals surface area contributed by atoms with Crippen LogP contribution in [0.1, 0.15) is 364 Å². The first-order valence-corrected chi connectivity index (χ1v) is 54.3. The quantitative estimate of drug-likeness (QED) is 0.0593. The summed E-state index contributed by atoms with van der Waals surface area (Å²) in [6.07, 6.45) is 19.7. The summed E-state index contributed by atoms with van der Waals surface area (Å²) in [5.41, 5.74) is 15.2. The van der Waals surface area contributed by atoms with Gasteiger partial charge in [0, 0.05) is 222 Å². The first kappa shape index (κ1) is 115. The average molecular weight is 1890 g/mol. The van der Waals surface area contributed by atoms with Crippen molar-refractivity contribution in [1.82, 2.24) is 69.9 Å². The van der Waals surface area contributed by atoms with Crippen LogP contribution >= 0.6 is 0 Å². The molecule has 0 bridgehead atoms. The fourth-order valence-corrected chi connectivity index (χ4v) is 18.7. The number of rotatable bonds is 23. The molecule has 0 radical (unpaired) electrons. The number of hydrogen-bond donors (Lipinski definition) is 0. The number of nitrogens with zero attached hydrogens (tertiary/aromatic N) is 21. The van der Waals surface area contributed by atoms with E-state index >= 15 is 0 Å². The fraction of sp³-hybridized carbons (Fsp3) is 0.675. The molecule has 7 aliphatic heterocycles. The molecule has 2 aromatic carbocycles. The minimum atomic E-state index is 0.448. The topological polar surface area (TPSA) is 165 Å². The number of anilines is 7. The lowest BCUT2D eigenvalue weighted by molar-refractivity contribution is 0.208. The van der Waals surface area contributed by atoms with E-state index in [-0.39, 0.29) is 0 Å². The molecule has 0 atom stereocenters. The molecule has 766 valence electrons. The third kappa shape index (κ3) is 37.4. The normalized spacial score (nSPS) is 17.2. The maximum absolute atomic E-state index is 4.55. The van der Waals surface area contributed by atoms with Gasteiger partial charge in [-0.1, -0.05) is 197 Å². The Labute approximate surface area is 841 Å². The molecule has 7 saturated heterocycles. The van der Waals surface area contributed by atoms with Gasteiger partial charge >= 0.3 is 0 Å². The van der Waals surface area contributed by atoms with Crippen molar-refractivity contribution in [2.45, 2.75) is 338 Å². The number of piperidine rings is 3. The van der Waals surface area contributed by atoms with Gasteiger partial charge in [0.25, 0.3) is 0 Å². The molecule has 7 fully saturated rings. The van der Waals surface area contributed by atoms with Gasteiger partial charge in [0.1, 0.15) is 0 Å². The van der Waals surface area contributed by atoms with E-state index in [9.17, 15) is 0 Å². The fourth-order valence-electron chi connectivity index (χ4n) is 18.7. The van der Waals surface area contributed by atoms with E-state index in [1.165, 1.54) is 121 Å². The third-order valence-electron chi connectivity index (χ3n) is 29.7. The van der Waals surface area contributed by atoms with Crippen molar-refractivity contribution in [1.29, 1.82) is 0 Å². The van der Waals surface area contributed by atoms with Crippen LogP contribution in [0.5, 0.6) is 0 Å². The molecule has 138 heavy (non-hydrogen) atoms. The summed E-state index contributed by atoms with van der Waals surface area (Å²) in [6.45, 7) is 96.2. The zero-order valence-electron chi connectivity index (χ0n) is 92.9. The van der Waals surface area contributed by atoms with Gasteiger partial charge in [-0.05, 0) is 277 Å². The van der Waals surface area contributed by atoms with Gasteiger partial charge in [-0.2, -0.15) is 10.2 Å². The summed E-state index contributed by atoms with van der Waals surface area (Å²) in [5.74, 6) is 13.8. The number of piperazine rings is 4. The van der Waals surface area contributed by atoms with E-state index in [1.54, 1.807) is 0 Å². The summed E-state index contributed by atoms with van der Waals surface area (Å²) in [4.78, 5) is 53.8. The SMILES string of the molecule is CC(C)c1ccc(C(C)C)nc1.CC(C)c1ccc(N2CCC(C(C)C)CC2)cc1.CC(C)c1ccc(N2CCC(C(C)C)CC2)nn1.CC(C)c1ccc(N2CCN(C(C)C)CC2)cc1.CC(C)c1ccc(N2CCN(C(C)C)CC2)cn1.CC(C)c1ccc(N2CCN(C(C)C)CC2)nn1.CC(C)c1cnc(N2CCC(C(C)C)CC2)nc1.CC(C)c1cnc(N2CCN(C(C)C)CC2)nc1. The molecule has 0 unspecified atom stereocenters. The Kier molecular flexibility index (Phi) is 48.4. The van der Waals surface area contributed by atoms with Gasteiger partial charge in [0.05, 0.1) is 23.3 Å². The Morgan fingerprint density at radius 2 is 0.420 bits per heavy atom. The first-order chi connectivity index (χ1) is 65.6. The van der Waals surface area contributed by atoms with Gasteiger partial charge in [0.15, 0.2) is 11.6 Å². The Balaban J connectivity index is 0.000000194. The van der Waals surface area contributed by atoms with Crippen molar-refractivity contribution >= 4 is 40.6 Å². The van der Waals surface area contributed by atoms with E-state index in [1.807, 2.05) is 37.2 Å². The minimum absolute atomic E-state index is 0.448. The summed E-state index contributed by atoms with van der Waals surface area (Å²) < 4.78 is 0. The van der Waals surface area contributed by atoms with Crippen molar-refractivity contribution in [3.05, 3.63) is 185 Å². The molecule has 0 aliphatic carbocycles. The van der Waals surface area contributed by atoms with Crippen molar-refractivity contribution in [2.24, 2.45) is 35.5 Å². The lowest BCUT2D eigenvalue weighted by Crippen LogP contribution is -2.49. The molecular formula is C117H193N21. The molecule has 21 heteroatoms. The minimum Gasteiger partial charge on any atom is -0.372 e. The molecule has 21 nitrogen and oxygen atoms in total. The molecule has 8 aromatic rings. The van der Waals surface area contributed by atoms with Crippen molar-refractivity contribution in [2.75, 3.05) is 178 Å². The van der Waals surface area contributed by atoms with Crippen molar-refractivity contribution < 1.29 is 0 Å². The first-order valence-electron chi connectivity index (χ1n) is 54.3. The van der Waals surface area contributed by atoms with Gasteiger partial charge in [-0.25, -0.2) is 19.9 Å². The van der Waals surface area contributed by atoms with Crippen LogP contribution in [0.3, 0.4) is 0 Å². The number of hydrogen-bond acceptors (Lipinski definition) is 21. The smallest absolute Gasteiger partial charge is 0.225 e. The largest absolute Gasteiger partial charge is 0.372 e. The summed E-state index contributed by atoms with van der Waals surface area (Å²) in [5, 5.41) is 17.3. The molecule has 15 rings (SSSR count). The highest BCUT2D eigenvalue weighted by molar-refractivity contribution is 5.51. The number of pyridine rings is 2. The predicted octanol–water partition coefficient (Wildman–Crippen LogP) is 25.3. The highest BCUT2D eigenvalue weighted by Crippen LogP contribution is 2.33. The van der Waals surface area contributed by atoms with E-state index in [0.717, 1.165) is 188 Å². The predicted molar refractivity (Wildman–Crippen MR) is 591 cm³/mol. The maximum atomic E-state index is 4.55. The second kappa shape index (κ2) is 58.2. The Morgan fingerprint density at radius 3 is 0.681 bits per heavy atom. The van der Waals surface area contributed by atoms with Crippen LogP contribution in [0.4, 0.5) is 40.6 Å². The average Bonchev–Trinajstić information content (AvgIpc) is 0.865. The van der Waals surface area contributed by atoms with E-state index in [0.29, 0.717) is 77.4 Å². The summed E-state index contributed by atoms with van der Waals surface area (Å²) in [7, 11) is 0. The van der Waals surface area contributed by atoms with E-state index < -0.39 is 0 Å². The van der Waals surface area contributed by atoms with Crippen LogP contribution in [0.25, 0.3) is 0 Å². The van der Waals surface area contributed by atoms with Crippen LogP contribution in [0.15, 0.2) is 134 Å². The number of aromatic nitrogens is 10. The second-order valence-corrected chi connectivity index (χ2v) is 45.0. The van der Waals surface area contributed by atoms with Crippen molar-refractivity contribution in [3.63, 3.8) is 0 Å². The van der Waals surface area contributed by atoms with Crippen LogP contribution in [0.2, 0.25) is 0 Å². The lowest BCUT2D eigenvalue weighted by atomic mass is 9.86. The Bertz CT molecular complexity index is 3740. The van der Waals surface area contributed by atoms with Gasteiger partial charge in [-0.3, -0.25) is 29.6 Å². The monoisotopic (exact) mass is 1890 g/mol. The van der Waals surface area contributed by atoms with Crippen LogP contribution in [0, 0.1) is 35.5 Å². The van der Waals surface area contributed by atoms with Gasteiger partial charge < -0.3 is 34.3 Å². The van der Waals surface area contributed by atoms with Gasteiger partial charge in [0.2, 0.25) is 11.9 Å². The van der Waals surface area contributed by atoms with Crippen molar-refractivity contribution in [3.8, 4) is 0 Å². The lowest BCUT2D eigenvalue weighted by Gasteiger charge is -2.38. The highest BCUT2D eigenvalue weighted by Gasteiger charge is 2.29. The number of benzene rings is 2. The van der Waals surface area contributed by atoms with Crippen LogP contribution in [-0.4, -0.2) is 238 Å². The van der Waals surface area contributed by atoms with Crippen LogP contribution in [-0.2, 0) is 0 Å². The summed E-state index contributed by atoms with van der Waals surface area (Å²) >= 11 is 0. The molecule has 0 spiro atoms. The zero-order valence-corrected chi connectivity index (χ0v) is 92.9. The highest BCUT2D eigenvalue weighted by atomic mass is 15.3. The Morgan fingerprint density at radius 1 is 0.188 bits per heavy atom. The molecule has 0 saturated carbocycles. The Hall–Kier alpha value is -8.50. The zero-order chi connectivity index (χ0) is 101. The molecule has 13 heterocycles. The van der Waals surface area contributed by atoms with Crippen LogP contribution < -0.4 is 34.3 Å². The standard InChI is InChI=1S/C17H27N.C16H26N2.3C15H25N3.2C14H24N4.C11H17N/c1-13(2)15-5-7-17(8-6-15)18-11-9-16(10-12-18)14(3)4;1-13(2)15-5-7-16(8-6-15)18-11-9-17(10-12-18)14(3)4;1-11(2)13-5-7-18(8-6-13)15-16-9-14(10-17-15)12(3)4;1-12(2)15-6-5-14(11-16-15)18-9-7-17(8-10-18)13(3)4;1-11(2)13-7-9-18(10-8-13)15-6-5-14(12(3)4)16-17-15;1-11(2)13-9-15-14(16-10-13)18-7-5-17(6-8-18)12(3)4;1-11(2)13-5-6-14(16-15-13)18-9-7-17(8-10-18)12(3)4;1-8(2)10-5-6-11(9(3)4)12-7-10/h5-8,13-14,16H,9-12H2,1-4H3;5-8,13-14H,9-12H2,1-4H3;9-13H,5-8H2,1-4H3;2*5-6,11-13H,7-10H2,1-4H3;9-12H,5-8H2,1-4H3;5-6,11-12H,7-10H2,1-4H3;5-9H,1-4H3. The molecule has 0 amide bonds.